The smallest absolute Gasteiger partial charge is 0.341 e. The first-order valence-electron chi connectivity index (χ1n) is 8.48. The summed E-state index contributed by atoms with van der Waals surface area (Å²) in [5.74, 6) is -1.94. The highest BCUT2D eigenvalue weighted by Crippen LogP contribution is 2.39. The Bertz CT molecular complexity index is 768. The van der Waals surface area contributed by atoms with E-state index >= 15 is 0 Å². The largest absolute Gasteiger partial charge is 0.482 e. The number of carboxylic acids is 1. The summed E-state index contributed by atoms with van der Waals surface area (Å²) in [5, 5.41) is 8.86. The highest BCUT2D eigenvalue weighted by Gasteiger charge is 2.21. The van der Waals surface area contributed by atoms with Crippen LogP contribution in [0.15, 0.2) is 36.4 Å². The zero-order valence-electron chi connectivity index (χ0n) is 13.8. The summed E-state index contributed by atoms with van der Waals surface area (Å²) in [5.41, 5.74) is 2.30. The van der Waals surface area contributed by atoms with Crippen LogP contribution in [0.3, 0.4) is 0 Å². The van der Waals surface area contributed by atoms with Gasteiger partial charge in [0.05, 0.1) is 0 Å². The molecule has 5 heteroatoms. The van der Waals surface area contributed by atoms with Crippen LogP contribution in [0.4, 0.5) is 8.78 Å². The van der Waals surface area contributed by atoms with Crippen LogP contribution in [0.2, 0.25) is 0 Å². The Labute approximate surface area is 145 Å². The minimum Gasteiger partial charge on any atom is -0.482 e. The Morgan fingerprint density at radius 1 is 1.00 bits per heavy atom. The van der Waals surface area contributed by atoms with Gasteiger partial charge in [0, 0.05) is 0 Å². The van der Waals surface area contributed by atoms with Gasteiger partial charge < -0.3 is 9.84 Å². The number of halogens is 2. The minimum absolute atomic E-state index is 0.294. The molecule has 0 atom stereocenters. The van der Waals surface area contributed by atoms with Gasteiger partial charge in [0.1, 0.15) is 5.75 Å². The summed E-state index contributed by atoms with van der Waals surface area (Å²) in [4.78, 5) is 10.8. The Morgan fingerprint density at radius 2 is 1.68 bits per heavy atom. The average molecular weight is 346 g/mol. The normalized spacial score (nSPS) is 15.1. The summed E-state index contributed by atoms with van der Waals surface area (Å²) in [6.45, 7) is -0.399. The van der Waals surface area contributed by atoms with Gasteiger partial charge in [-0.1, -0.05) is 31.4 Å². The molecule has 0 heterocycles. The topological polar surface area (TPSA) is 46.5 Å². The lowest BCUT2D eigenvalue weighted by atomic mass is 9.82. The highest BCUT2D eigenvalue weighted by atomic mass is 19.2. The molecule has 1 aliphatic carbocycles. The lowest BCUT2D eigenvalue weighted by molar-refractivity contribution is -0.139. The quantitative estimate of drug-likeness (QED) is 0.815. The molecule has 2 aromatic carbocycles. The zero-order chi connectivity index (χ0) is 17.8. The third-order valence-corrected chi connectivity index (χ3v) is 4.66. The van der Waals surface area contributed by atoms with E-state index in [0.29, 0.717) is 17.2 Å². The number of carboxylic acid groups (broad SMARTS) is 1. The summed E-state index contributed by atoms with van der Waals surface area (Å²) < 4.78 is 32.2. The van der Waals surface area contributed by atoms with E-state index in [4.69, 9.17) is 9.84 Å². The van der Waals surface area contributed by atoms with E-state index in [1.807, 2.05) is 6.07 Å². The van der Waals surface area contributed by atoms with Gasteiger partial charge in [-0.2, -0.15) is 0 Å². The summed E-state index contributed by atoms with van der Waals surface area (Å²) in [7, 11) is 0. The number of carbonyl (C=O) groups is 1. The van der Waals surface area contributed by atoms with Crippen LogP contribution in [0.1, 0.15) is 43.6 Å². The van der Waals surface area contributed by atoms with Gasteiger partial charge in [-0.25, -0.2) is 13.6 Å². The first-order valence-corrected chi connectivity index (χ1v) is 8.48. The number of hydrogen-bond donors (Lipinski definition) is 1. The van der Waals surface area contributed by atoms with E-state index in [1.165, 1.54) is 18.6 Å². The molecule has 3 nitrogen and oxygen atoms in total. The number of aliphatic carboxylic acids is 1. The van der Waals surface area contributed by atoms with E-state index < -0.39 is 24.2 Å². The average Bonchev–Trinajstić information content (AvgIpc) is 2.63. The fourth-order valence-electron chi connectivity index (χ4n) is 3.41. The van der Waals surface area contributed by atoms with Crippen molar-refractivity contribution >= 4 is 5.97 Å². The molecule has 0 amide bonds. The summed E-state index contributed by atoms with van der Waals surface area (Å²) in [6, 6.07) is 9.21. The molecule has 132 valence electrons. The molecule has 1 saturated carbocycles. The second kappa shape index (κ2) is 7.64. The van der Waals surface area contributed by atoms with Crippen molar-refractivity contribution < 1.29 is 23.4 Å². The van der Waals surface area contributed by atoms with Gasteiger partial charge in [0.25, 0.3) is 0 Å². The second-order valence-corrected chi connectivity index (χ2v) is 6.40. The van der Waals surface area contributed by atoms with E-state index in [1.54, 1.807) is 12.1 Å². The molecule has 2 aromatic rings. The molecule has 1 fully saturated rings. The summed E-state index contributed by atoms with van der Waals surface area (Å²) >= 11 is 0. The third kappa shape index (κ3) is 4.16. The van der Waals surface area contributed by atoms with Crippen molar-refractivity contribution in [1.29, 1.82) is 0 Å². The van der Waals surface area contributed by atoms with Crippen molar-refractivity contribution in [2.45, 2.75) is 38.0 Å². The first kappa shape index (κ1) is 17.4. The van der Waals surface area contributed by atoms with Crippen LogP contribution in [0.5, 0.6) is 5.75 Å². The fraction of sp³-hybridized carbons (Fsp3) is 0.350. The van der Waals surface area contributed by atoms with Crippen molar-refractivity contribution in [2.75, 3.05) is 6.61 Å². The lowest BCUT2D eigenvalue weighted by Crippen LogP contribution is -2.12. The minimum atomic E-state index is -1.03. The van der Waals surface area contributed by atoms with Crippen LogP contribution >= 0.6 is 0 Å². The van der Waals surface area contributed by atoms with Crippen molar-refractivity contribution in [3.05, 3.63) is 53.6 Å². The standard InChI is InChI=1S/C20H20F2O3/c21-17-8-6-15(11-18(17)22)14-7-9-19(25-12-20(23)24)16(10-14)13-4-2-1-3-5-13/h6-11,13H,1-5,12H2,(H,23,24). The van der Waals surface area contributed by atoms with Crippen LogP contribution in [-0.2, 0) is 4.79 Å². The Balaban J connectivity index is 1.97. The maximum absolute atomic E-state index is 13.5. The molecule has 1 aliphatic rings. The predicted molar refractivity (Wildman–Crippen MR) is 90.8 cm³/mol. The maximum Gasteiger partial charge on any atom is 0.341 e. The molecule has 0 spiro atoms. The fourth-order valence-corrected chi connectivity index (χ4v) is 3.41. The Kier molecular flexibility index (Phi) is 5.31. The van der Waals surface area contributed by atoms with E-state index in [2.05, 4.69) is 0 Å². The van der Waals surface area contributed by atoms with Crippen molar-refractivity contribution in [2.24, 2.45) is 0 Å². The zero-order valence-corrected chi connectivity index (χ0v) is 13.8. The Hall–Kier alpha value is -2.43. The second-order valence-electron chi connectivity index (χ2n) is 6.40. The molecule has 3 rings (SSSR count). The molecule has 0 unspecified atom stereocenters. The van der Waals surface area contributed by atoms with E-state index in [9.17, 15) is 13.6 Å². The van der Waals surface area contributed by atoms with Gasteiger partial charge >= 0.3 is 5.97 Å². The summed E-state index contributed by atoms with van der Waals surface area (Å²) in [6.07, 6.45) is 5.48. The molecule has 0 aromatic heterocycles. The third-order valence-electron chi connectivity index (χ3n) is 4.66. The number of rotatable bonds is 5. The van der Waals surface area contributed by atoms with Crippen LogP contribution < -0.4 is 4.74 Å². The molecular formula is C20H20F2O3. The number of benzene rings is 2. The van der Waals surface area contributed by atoms with Gasteiger partial charge in [-0.05, 0) is 59.7 Å². The van der Waals surface area contributed by atoms with Crippen LogP contribution in [-0.4, -0.2) is 17.7 Å². The molecular weight excluding hydrogens is 326 g/mol. The number of ether oxygens (including phenoxy) is 1. The van der Waals surface area contributed by atoms with E-state index in [-0.39, 0.29) is 0 Å². The predicted octanol–water partition coefficient (Wildman–Crippen LogP) is 5.14. The molecule has 1 N–H and O–H groups in total. The Morgan fingerprint density at radius 3 is 2.36 bits per heavy atom. The van der Waals surface area contributed by atoms with Crippen molar-refractivity contribution in [3.63, 3.8) is 0 Å². The maximum atomic E-state index is 13.5. The lowest BCUT2D eigenvalue weighted by Gasteiger charge is -2.24. The monoisotopic (exact) mass is 346 g/mol. The van der Waals surface area contributed by atoms with Crippen molar-refractivity contribution in [3.8, 4) is 16.9 Å². The van der Waals surface area contributed by atoms with Gasteiger partial charge in [-0.15, -0.1) is 0 Å². The van der Waals surface area contributed by atoms with Gasteiger partial charge in [-0.3, -0.25) is 0 Å². The van der Waals surface area contributed by atoms with Gasteiger partial charge in [0.15, 0.2) is 18.2 Å². The first-order chi connectivity index (χ1) is 12.0. The number of hydrogen-bond acceptors (Lipinski definition) is 2. The highest BCUT2D eigenvalue weighted by molar-refractivity contribution is 5.69. The molecule has 0 bridgehead atoms. The molecule has 25 heavy (non-hydrogen) atoms. The van der Waals surface area contributed by atoms with Gasteiger partial charge in [0.2, 0.25) is 0 Å². The van der Waals surface area contributed by atoms with Crippen molar-refractivity contribution in [1.82, 2.24) is 0 Å². The molecule has 0 saturated heterocycles. The molecule has 0 aliphatic heterocycles. The van der Waals surface area contributed by atoms with Crippen LogP contribution in [0.25, 0.3) is 11.1 Å². The van der Waals surface area contributed by atoms with E-state index in [0.717, 1.165) is 42.9 Å². The molecule has 0 radical (unpaired) electrons. The SMILES string of the molecule is O=C(O)COc1ccc(-c2ccc(F)c(F)c2)cc1C1CCCCC1. The van der Waals surface area contributed by atoms with Crippen LogP contribution in [0, 0.1) is 11.6 Å².